The first-order valence-electron chi connectivity index (χ1n) is 5.71. The summed E-state index contributed by atoms with van der Waals surface area (Å²) in [5.74, 6) is -0.509. The molecule has 0 aliphatic rings. The number of hydrogen-bond acceptors (Lipinski definition) is 4. The molecule has 0 unspecified atom stereocenters. The molecule has 0 radical (unpaired) electrons. The summed E-state index contributed by atoms with van der Waals surface area (Å²) in [6, 6.07) is 5.07. The van der Waals surface area contributed by atoms with Crippen molar-refractivity contribution in [2.75, 3.05) is 11.9 Å². The molecule has 6 nitrogen and oxygen atoms in total. The molecule has 0 aliphatic carbocycles. The number of hydrogen-bond donors (Lipinski definition) is 2. The predicted molar refractivity (Wildman–Crippen MR) is 75.6 cm³/mol. The summed E-state index contributed by atoms with van der Waals surface area (Å²) in [5.41, 5.74) is 7.13. The number of fused-ring (bicyclic) bond motifs is 1. The SMILES string of the molecule is Cl.Cn1c(=O)oc2ccc(NC(=O)CCCN)cc21. The summed E-state index contributed by atoms with van der Waals surface area (Å²) >= 11 is 0. The number of oxazole rings is 1. The van der Waals surface area contributed by atoms with Crippen LogP contribution in [-0.4, -0.2) is 17.0 Å². The lowest BCUT2D eigenvalue weighted by Gasteiger charge is -2.04. The number of amides is 1. The first-order valence-corrected chi connectivity index (χ1v) is 5.71. The van der Waals surface area contributed by atoms with Crippen molar-refractivity contribution >= 4 is 35.1 Å². The van der Waals surface area contributed by atoms with E-state index in [0.29, 0.717) is 36.2 Å². The number of carbonyl (C=O) groups is 1. The number of nitrogens with one attached hydrogen (secondary N) is 1. The zero-order chi connectivity index (χ0) is 13.1. The summed E-state index contributed by atoms with van der Waals surface area (Å²) in [7, 11) is 1.62. The Kier molecular flexibility index (Phi) is 5.14. The lowest BCUT2D eigenvalue weighted by atomic mass is 10.2. The van der Waals surface area contributed by atoms with Gasteiger partial charge >= 0.3 is 5.76 Å². The van der Waals surface area contributed by atoms with E-state index < -0.39 is 5.76 Å². The van der Waals surface area contributed by atoms with Gasteiger partial charge in [0.2, 0.25) is 5.91 Å². The van der Waals surface area contributed by atoms with Crippen molar-refractivity contribution in [3.63, 3.8) is 0 Å². The van der Waals surface area contributed by atoms with Gasteiger partial charge in [0, 0.05) is 19.2 Å². The Morgan fingerprint density at radius 1 is 1.47 bits per heavy atom. The molecule has 2 rings (SSSR count). The molecule has 3 N–H and O–H groups in total. The number of aryl methyl sites for hydroxylation is 1. The van der Waals surface area contributed by atoms with Gasteiger partial charge in [-0.2, -0.15) is 0 Å². The van der Waals surface area contributed by atoms with Gasteiger partial charge in [0.25, 0.3) is 0 Å². The van der Waals surface area contributed by atoms with E-state index in [4.69, 9.17) is 10.2 Å². The average Bonchev–Trinajstić information content (AvgIpc) is 2.63. The largest absolute Gasteiger partial charge is 0.419 e. The highest BCUT2D eigenvalue weighted by atomic mass is 35.5. The smallest absolute Gasteiger partial charge is 0.408 e. The number of nitrogens with zero attached hydrogens (tertiary/aromatic N) is 1. The molecular weight excluding hydrogens is 270 g/mol. The molecule has 19 heavy (non-hydrogen) atoms. The highest BCUT2D eigenvalue weighted by Gasteiger charge is 2.08. The number of carbonyl (C=O) groups excluding carboxylic acids is 1. The summed E-state index contributed by atoms with van der Waals surface area (Å²) < 4.78 is 6.40. The number of halogens is 1. The van der Waals surface area contributed by atoms with E-state index in [1.165, 1.54) is 4.57 Å². The lowest BCUT2D eigenvalue weighted by Crippen LogP contribution is -2.13. The number of aromatic nitrogens is 1. The standard InChI is InChI=1S/C12H15N3O3.ClH/c1-15-9-7-8(14-11(16)3-2-6-13)4-5-10(9)18-12(15)17;/h4-5,7H,2-3,6,13H2,1H3,(H,14,16);1H. The zero-order valence-electron chi connectivity index (χ0n) is 10.5. The van der Waals surface area contributed by atoms with Gasteiger partial charge in [-0.3, -0.25) is 9.36 Å². The molecule has 0 atom stereocenters. The summed E-state index contributed by atoms with van der Waals surface area (Å²) in [4.78, 5) is 22.8. The topological polar surface area (TPSA) is 90.3 Å². The molecular formula is C12H16ClN3O3. The molecule has 0 bridgehead atoms. The van der Waals surface area contributed by atoms with Crippen LogP contribution in [-0.2, 0) is 11.8 Å². The fraction of sp³-hybridized carbons (Fsp3) is 0.333. The quantitative estimate of drug-likeness (QED) is 0.884. The van der Waals surface area contributed by atoms with Crippen LogP contribution in [0, 0.1) is 0 Å². The average molecular weight is 286 g/mol. The van der Waals surface area contributed by atoms with Gasteiger partial charge in [0.15, 0.2) is 5.58 Å². The van der Waals surface area contributed by atoms with Crippen LogP contribution < -0.4 is 16.8 Å². The van der Waals surface area contributed by atoms with E-state index in [9.17, 15) is 9.59 Å². The minimum Gasteiger partial charge on any atom is -0.408 e. The number of benzene rings is 1. The third kappa shape index (κ3) is 3.36. The highest BCUT2D eigenvalue weighted by molar-refractivity contribution is 5.92. The minimum absolute atomic E-state index is 0. The second kappa shape index (κ2) is 6.40. The van der Waals surface area contributed by atoms with Crippen molar-refractivity contribution in [3.05, 3.63) is 28.7 Å². The van der Waals surface area contributed by atoms with Crippen LogP contribution in [0.25, 0.3) is 11.1 Å². The van der Waals surface area contributed by atoms with Gasteiger partial charge in [-0.15, -0.1) is 12.4 Å². The molecule has 104 valence electrons. The van der Waals surface area contributed by atoms with Crippen LogP contribution in [0.3, 0.4) is 0 Å². The molecule has 0 saturated carbocycles. The maximum Gasteiger partial charge on any atom is 0.419 e. The Balaban J connectivity index is 0.00000180. The monoisotopic (exact) mass is 285 g/mol. The van der Waals surface area contributed by atoms with Gasteiger partial charge in [-0.1, -0.05) is 0 Å². The maximum atomic E-state index is 11.5. The van der Waals surface area contributed by atoms with Crippen molar-refractivity contribution in [1.82, 2.24) is 4.57 Å². The van der Waals surface area contributed by atoms with Crippen molar-refractivity contribution in [1.29, 1.82) is 0 Å². The number of rotatable bonds is 4. The third-order valence-electron chi connectivity index (χ3n) is 2.68. The molecule has 0 spiro atoms. The highest BCUT2D eigenvalue weighted by Crippen LogP contribution is 2.17. The molecule has 2 aromatic rings. The van der Waals surface area contributed by atoms with Crippen molar-refractivity contribution in [2.45, 2.75) is 12.8 Å². The molecule has 7 heteroatoms. The van der Waals surface area contributed by atoms with Gasteiger partial charge < -0.3 is 15.5 Å². The van der Waals surface area contributed by atoms with Crippen LogP contribution in [0.4, 0.5) is 5.69 Å². The van der Waals surface area contributed by atoms with E-state index in [-0.39, 0.29) is 18.3 Å². The second-order valence-corrected chi connectivity index (χ2v) is 4.05. The third-order valence-corrected chi connectivity index (χ3v) is 2.68. The molecule has 0 fully saturated rings. The van der Waals surface area contributed by atoms with Crippen molar-refractivity contribution in [3.8, 4) is 0 Å². The van der Waals surface area contributed by atoms with Crippen LogP contribution in [0.15, 0.2) is 27.4 Å². The first kappa shape index (κ1) is 15.3. The zero-order valence-corrected chi connectivity index (χ0v) is 11.3. The number of anilines is 1. The summed E-state index contributed by atoms with van der Waals surface area (Å²) in [6.45, 7) is 0.489. The van der Waals surface area contributed by atoms with Gasteiger partial charge in [-0.25, -0.2) is 4.79 Å². The predicted octanol–water partition coefficient (Wildman–Crippen LogP) is 1.23. The Morgan fingerprint density at radius 2 is 2.21 bits per heavy atom. The fourth-order valence-electron chi connectivity index (χ4n) is 1.69. The molecule has 1 heterocycles. The first-order chi connectivity index (χ1) is 8.61. The van der Waals surface area contributed by atoms with Gasteiger partial charge in [0.1, 0.15) is 0 Å². The normalized spacial score (nSPS) is 10.2. The van der Waals surface area contributed by atoms with Crippen LogP contribution in [0.2, 0.25) is 0 Å². The Bertz CT molecular complexity index is 633. The molecule has 1 aromatic carbocycles. The minimum atomic E-state index is -0.420. The Hall–Kier alpha value is -1.79. The van der Waals surface area contributed by atoms with E-state index in [1.54, 1.807) is 25.2 Å². The van der Waals surface area contributed by atoms with Crippen LogP contribution in [0.1, 0.15) is 12.8 Å². The summed E-state index contributed by atoms with van der Waals surface area (Å²) in [6.07, 6.45) is 1.04. The lowest BCUT2D eigenvalue weighted by molar-refractivity contribution is -0.116. The van der Waals surface area contributed by atoms with Crippen molar-refractivity contribution < 1.29 is 9.21 Å². The van der Waals surface area contributed by atoms with E-state index in [2.05, 4.69) is 5.32 Å². The molecule has 1 amide bonds. The fourth-order valence-corrected chi connectivity index (χ4v) is 1.69. The Labute approximate surface area is 116 Å². The van der Waals surface area contributed by atoms with E-state index in [1.807, 2.05) is 0 Å². The number of nitrogens with two attached hydrogens (primary N) is 1. The van der Waals surface area contributed by atoms with E-state index in [0.717, 1.165) is 0 Å². The maximum absolute atomic E-state index is 11.5. The molecule has 0 aliphatic heterocycles. The summed E-state index contributed by atoms with van der Waals surface area (Å²) in [5, 5.41) is 2.75. The van der Waals surface area contributed by atoms with Gasteiger partial charge in [0.05, 0.1) is 5.52 Å². The molecule has 0 saturated heterocycles. The van der Waals surface area contributed by atoms with Crippen LogP contribution in [0.5, 0.6) is 0 Å². The molecule has 1 aromatic heterocycles. The second-order valence-electron chi connectivity index (χ2n) is 4.05. The Morgan fingerprint density at radius 3 is 2.89 bits per heavy atom. The van der Waals surface area contributed by atoms with Crippen LogP contribution >= 0.6 is 12.4 Å². The van der Waals surface area contributed by atoms with Crippen molar-refractivity contribution in [2.24, 2.45) is 12.8 Å². The van der Waals surface area contributed by atoms with E-state index >= 15 is 0 Å². The van der Waals surface area contributed by atoms with Gasteiger partial charge in [-0.05, 0) is 31.2 Å².